The second kappa shape index (κ2) is 5.04. The maximum absolute atomic E-state index is 10.9. The van der Waals surface area contributed by atoms with Crippen LogP contribution in [0.3, 0.4) is 0 Å². The van der Waals surface area contributed by atoms with Gasteiger partial charge in [-0.3, -0.25) is 5.32 Å². The zero-order valence-electron chi connectivity index (χ0n) is 8.27. The molecular weight excluding hydrogens is 210 g/mol. The molecule has 0 rings (SSSR count). The van der Waals surface area contributed by atoms with Crippen molar-refractivity contribution in [2.45, 2.75) is 24.4 Å². The fourth-order valence-electron chi connectivity index (χ4n) is 0.836. The average molecular weight is 227 g/mol. The summed E-state index contributed by atoms with van der Waals surface area (Å²) in [7, 11) is -3.64. The second-order valence-electron chi connectivity index (χ2n) is 3.28. The molecule has 0 heterocycles. The van der Waals surface area contributed by atoms with Crippen molar-refractivity contribution in [3.63, 3.8) is 0 Å². The van der Waals surface area contributed by atoms with Gasteiger partial charge in [-0.25, -0.2) is 8.42 Å². The molecule has 0 saturated heterocycles. The Hall–Kier alpha value is -0.210. The Bertz CT molecular complexity index is 251. The van der Waals surface area contributed by atoms with E-state index >= 15 is 0 Å². The van der Waals surface area contributed by atoms with E-state index < -0.39 is 34.1 Å². The van der Waals surface area contributed by atoms with Gasteiger partial charge in [0.1, 0.15) is 0 Å². The quantitative estimate of drug-likeness (QED) is 0.392. The number of hydrogen-bond acceptors (Lipinski definition) is 6. The van der Waals surface area contributed by atoms with Gasteiger partial charge in [0.05, 0.1) is 18.8 Å². The Morgan fingerprint density at radius 1 is 1.36 bits per heavy atom. The lowest BCUT2D eigenvalue weighted by Crippen LogP contribution is -2.57. The van der Waals surface area contributed by atoms with Gasteiger partial charge in [0.15, 0.2) is 9.84 Å². The summed E-state index contributed by atoms with van der Waals surface area (Å²) in [5.41, 5.74) is -2.94. The van der Waals surface area contributed by atoms with E-state index in [0.717, 1.165) is 6.26 Å². The highest BCUT2D eigenvalue weighted by atomic mass is 32.2. The van der Waals surface area contributed by atoms with Crippen LogP contribution in [0, 0.1) is 0 Å². The monoisotopic (exact) mass is 227 g/mol. The van der Waals surface area contributed by atoms with Crippen molar-refractivity contribution in [1.29, 1.82) is 0 Å². The van der Waals surface area contributed by atoms with Crippen LogP contribution in [0.15, 0.2) is 0 Å². The van der Waals surface area contributed by atoms with Crippen molar-refractivity contribution in [2.75, 3.05) is 19.5 Å². The van der Waals surface area contributed by atoms with Crippen LogP contribution in [-0.4, -0.2) is 54.3 Å². The predicted octanol–water partition coefficient (Wildman–Crippen LogP) is -1.97. The summed E-state index contributed by atoms with van der Waals surface area (Å²) in [6.45, 7) is 0.758. The Morgan fingerprint density at radius 2 is 1.79 bits per heavy atom. The van der Waals surface area contributed by atoms with Gasteiger partial charge in [-0.15, -0.1) is 0 Å². The van der Waals surface area contributed by atoms with Crippen LogP contribution in [0.5, 0.6) is 0 Å². The van der Waals surface area contributed by atoms with Crippen molar-refractivity contribution in [3.8, 4) is 0 Å². The molecule has 0 aromatic heterocycles. The van der Waals surface area contributed by atoms with E-state index in [4.69, 9.17) is 10.2 Å². The molecule has 7 heteroatoms. The second-order valence-corrected chi connectivity index (χ2v) is 5.38. The molecule has 6 nitrogen and oxygen atoms in total. The number of nitrogens with one attached hydrogen (secondary N) is 1. The fourth-order valence-corrected chi connectivity index (χ4v) is 1.30. The molecule has 1 unspecified atom stereocenters. The summed E-state index contributed by atoms with van der Waals surface area (Å²) >= 11 is 0. The van der Waals surface area contributed by atoms with Crippen LogP contribution in [0.4, 0.5) is 0 Å². The number of rotatable bonds is 6. The molecule has 1 atom stereocenters. The number of sulfone groups is 1. The minimum absolute atomic E-state index is 0.298. The summed E-state index contributed by atoms with van der Waals surface area (Å²) in [4.78, 5) is 0. The molecule has 0 aliphatic heterocycles. The predicted molar refractivity (Wildman–Crippen MR) is 51.2 cm³/mol. The standard InChI is InChI=1S/C7H17NO5S/c1-3-7(4-9,5-10)8-6(11)14(2,12)13/h6,8-11H,3-5H2,1-2H3. The molecule has 0 saturated carbocycles. The van der Waals surface area contributed by atoms with E-state index in [1.807, 2.05) is 0 Å². The number of aliphatic hydroxyl groups excluding tert-OH is 3. The minimum Gasteiger partial charge on any atom is -0.394 e. The lowest BCUT2D eigenvalue weighted by Gasteiger charge is -2.31. The molecule has 0 aliphatic rings. The van der Waals surface area contributed by atoms with E-state index in [-0.39, 0.29) is 0 Å². The van der Waals surface area contributed by atoms with Crippen LogP contribution in [0.1, 0.15) is 13.3 Å². The summed E-state index contributed by atoms with van der Waals surface area (Å²) in [5.74, 6) is 0. The highest BCUT2D eigenvalue weighted by molar-refractivity contribution is 7.91. The van der Waals surface area contributed by atoms with Crippen LogP contribution in [0.2, 0.25) is 0 Å². The van der Waals surface area contributed by atoms with Gasteiger partial charge in [-0.05, 0) is 6.42 Å². The molecule has 0 fully saturated rings. The van der Waals surface area contributed by atoms with Gasteiger partial charge in [-0.2, -0.15) is 0 Å². The molecule has 0 radical (unpaired) electrons. The zero-order chi connectivity index (χ0) is 11.4. The molecule has 0 spiro atoms. The summed E-state index contributed by atoms with van der Waals surface area (Å²) in [5, 5.41) is 29.4. The average Bonchev–Trinajstić information content (AvgIpc) is 2.12. The molecule has 4 N–H and O–H groups in total. The Balaban J connectivity index is 4.61. The van der Waals surface area contributed by atoms with Crippen LogP contribution < -0.4 is 5.32 Å². The normalized spacial score (nSPS) is 15.5. The van der Waals surface area contributed by atoms with Crippen molar-refractivity contribution >= 4 is 9.84 Å². The maximum Gasteiger partial charge on any atom is 0.209 e. The van der Waals surface area contributed by atoms with Crippen LogP contribution in [-0.2, 0) is 9.84 Å². The number of aliphatic hydroxyl groups is 3. The first-order chi connectivity index (χ1) is 6.31. The third-order valence-corrected chi connectivity index (χ3v) is 3.05. The lowest BCUT2D eigenvalue weighted by atomic mass is 9.99. The minimum atomic E-state index is -3.64. The smallest absolute Gasteiger partial charge is 0.209 e. The molecule has 14 heavy (non-hydrogen) atoms. The van der Waals surface area contributed by atoms with Crippen molar-refractivity contribution in [2.24, 2.45) is 0 Å². The van der Waals surface area contributed by atoms with E-state index in [1.165, 1.54) is 0 Å². The van der Waals surface area contributed by atoms with Crippen LogP contribution in [0.25, 0.3) is 0 Å². The molecular formula is C7H17NO5S. The van der Waals surface area contributed by atoms with E-state index in [0.29, 0.717) is 6.42 Å². The van der Waals surface area contributed by atoms with E-state index in [2.05, 4.69) is 5.32 Å². The Morgan fingerprint density at radius 3 is 2.00 bits per heavy atom. The van der Waals surface area contributed by atoms with Crippen molar-refractivity contribution < 1.29 is 23.7 Å². The lowest BCUT2D eigenvalue weighted by molar-refractivity contribution is 0.0513. The Kier molecular flexibility index (Phi) is 4.96. The largest absolute Gasteiger partial charge is 0.394 e. The van der Waals surface area contributed by atoms with Crippen LogP contribution >= 0.6 is 0 Å². The third-order valence-electron chi connectivity index (χ3n) is 2.12. The molecule has 86 valence electrons. The first kappa shape index (κ1) is 13.8. The summed E-state index contributed by atoms with van der Waals surface area (Å²) in [6.07, 6.45) is 1.16. The number of hydrogen-bond donors (Lipinski definition) is 4. The van der Waals surface area contributed by atoms with Gasteiger partial charge in [-0.1, -0.05) is 6.92 Å². The van der Waals surface area contributed by atoms with Crippen molar-refractivity contribution in [3.05, 3.63) is 0 Å². The zero-order valence-corrected chi connectivity index (χ0v) is 9.08. The van der Waals surface area contributed by atoms with Gasteiger partial charge in [0.25, 0.3) is 0 Å². The third kappa shape index (κ3) is 3.50. The molecule has 0 aliphatic carbocycles. The van der Waals surface area contributed by atoms with Gasteiger partial charge in [0.2, 0.25) is 5.56 Å². The fraction of sp³-hybridized carbons (Fsp3) is 1.00. The van der Waals surface area contributed by atoms with Gasteiger partial charge < -0.3 is 15.3 Å². The van der Waals surface area contributed by atoms with Gasteiger partial charge in [0, 0.05) is 6.26 Å². The van der Waals surface area contributed by atoms with E-state index in [9.17, 15) is 13.5 Å². The molecule has 0 amide bonds. The SMILES string of the molecule is CCC(CO)(CO)NC(O)S(C)(=O)=O. The molecule has 0 aromatic rings. The van der Waals surface area contributed by atoms with Crippen molar-refractivity contribution in [1.82, 2.24) is 5.32 Å². The summed E-state index contributed by atoms with van der Waals surface area (Å²) < 4.78 is 21.8. The van der Waals surface area contributed by atoms with E-state index in [1.54, 1.807) is 6.92 Å². The maximum atomic E-state index is 10.9. The topological polar surface area (TPSA) is 107 Å². The Labute approximate surface area is 83.5 Å². The highest BCUT2D eigenvalue weighted by Gasteiger charge is 2.32. The summed E-state index contributed by atoms with van der Waals surface area (Å²) in [6, 6.07) is 0. The van der Waals surface area contributed by atoms with Gasteiger partial charge >= 0.3 is 0 Å². The molecule has 0 aromatic carbocycles. The highest BCUT2D eigenvalue weighted by Crippen LogP contribution is 2.10. The first-order valence-electron chi connectivity index (χ1n) is 4.17. The first-order valence-corrected chi connectivity index (χ1v) is 6.13. The molecule has 0 bridgehead atoms.